The summed E-state index contributed by atoms with van der Waals surface area (Å²) in [7, 11) is -10.3. The van der Waals surface area contributed by atoms with E-state index < -0.39 is 29.8 Å². The van der Waals surface area contributed by atoms with Crippen molar-refractivity contribution in [3.8, 4) is 11.5 Å². The summed E-state index contributed by atoms with van der Waals surface area (Å²) in [6, 6.07) is 15.4. The van der Waals surface area contributed by atoms with E-state index in [-0.39, 0.29) is 25.3 Å². The van der Waals surface area contributed by atoms with Gasteiger partial charge in [-0.1, -0.05) is 6.07 Å². The SMILES string of the molecule is COc1ccc(S(=O)(=O)c2ccc(OS(=O)(=O)c3cccc(S(C)(=O)=O)c3)cc2)cc1. The van der Waals surface area contributed by atoms with Crippen molar-refractivity contribution in [1.29, 1.82) is 0 Å². The lowest BCUT2D eigenvalue weighted by atomic mass is 10.3. The molecule has 8 nitrogen and oxygen atoms in total. The van der Waals surface area contributed by atoms with E-state index in [0.717, 1.165) is 12.3 Å². The monoisotopic (exact) mass is 482 g/mol. The van der Waals surface area contributed by atoms with Gasteiger partial charge >= 0.3 is 10.1 Å². The smallest absolute Gasteiger partial charge is 0.339 e. The van der Waals surface area contributed by atoms with Crippen molar-refractivity contribution in [3.63, 3.8) is 0 Å². The second-order valence-electron chi connectivity index (χ2n) is 6.43. The highest BCUT2D eigenvalue weighted by molar-refractivity contribution is 7.91. The Morgan fingerprint density at radius 3 is 1.58 bits per heavy atom. The van der Waals surface area contributed by atoms with E-state index in [4.69, 9.17) is 8.92 Å². The summed E-state index contributed by atoms with van der Waals surface area (Å²) in [5.74, 6) is 0.381. The Balaban J connectivity index is 1.86. The van der Waals surface area contributed by atoms with Gasteiger partial charge in [-0.2, -0.15) is 8.42 Å². The zero-order chi connectivity index (χ0) is 22.9. The zero-order valence-electron chi connectivity index (χ0n) is 16.4. The minimum Gasteiger partial charge on any atom is -0.497 e. The molecule has 3 aromatic carbocycles. The van der Waals surface area contributed by atoms with Crippen LogP contribution in [0.3, 0.4) is 0 Å². The Kier molecular flexibility index (Phi) is 6.12. The zero-order valence-corrected chi connectivity index (χ0v) is 18.9. The molecular weight excluding hydrogens is 464 g/mol. The first kappa shape index (κ1) is 22.8. The van der Waals surface area contributed by atoms with Crippen LogP contribution in [0.2, 0.25) is 0 Å². The van der Waals surface area contributed by atoms with Crippen LogP contribution in [0.1, 0.15) is 0 Å². The van der Waals surface area contributed by atoms with Gasteiger partial charge in [0.2, 0.25) is 9.84 Å². The third-order valence-electron chi connectivity index (χ3n) is 4.23. The first-order valence-electron chi connectivity index (χ1n) is 8.67. The largest absolute Gasteiger partial charge is 0.497 e. The van der Waals surface area contributed by atoms with E-state index in [0.29, 0.717) is 5.75 Å². The number of ether oxygens (including phenoxy) is 1. The molecule has 0 unspecified atom stereocenters. The summed E-state index contributed by atoms with van der Waals surface area (Å²) in [4.78, 5) is -0.517. The second kappa shape index (κ2) is 8.33. The number of sulfone groups is 2. The van der Waals surface area contributed by atoms with Crippen LogP contribution in [0.4, 0.5) is 0 Å². The van der Waals surface area contributed by atoms with Gasteiger partial charge in [0.05, 0.1) is 21.8 Å². The third-order valence-corrected chi connectivity index (χ3v) is 8.37. The van der Waals surface area contributed by atoms with Crippen molar-refractivity contribution < 1.29 is 34.2 Å². The highest BCUT2D eigenvalue weighted by Gasteiger charge is 2.21. The van der Waals surface area contributed by atoms with Crippen LogP contribution >= 0.6 is 0 Å². The minimum atomic E-state index is -4.33. The van der Waals surface area contributed by atoms with Crippen LogP contribution in [0.15, 0.2) is 92.4 Å². The van der Waals surface area contributed by atoms with Crippen molar-refractivity contribution in [3.05, 3.63) is 72.8 Å². The number of hydrogen-bond acceptors (Lipinski definition) is 8. The average molecular weight is 483 g/mol. The van der Waals surface area contributed by atoms with E-state index in [9.17, 15) is 25.3 Å². The molecule has 0 radical (unpaired) electrons. The van der Waals surface area contributed by atoms with E-state index in [2.05, 4.69) is 0 Å². The van der Waals surface area contributed by atoms with E-state index in [1.807, 2.05) is 0 Å². The number of hydrogen-bond donors (Lipinski definition) is 0. The lowest BCUT2D eigenvalue weighted by Crippen LogP contribution is -2.11. The van der Waals surface area contributed by atoms with Gasteiger partial charge in [0, 0.05) is 6.26 Å². The molecule has 11 heteroatoms. The van der Waals surface area contributed by atoms with Crippen LogP contribution in [0.5, 0.6) is 11.5 Å². The van der Waals surface area contributed by atoms with E-state index >= 15 is 0 Å². The Labute approximate surface area is 181 Å². The van der Waals surface area contributed by atoms with Gasteiger partial charge in [0.15, 0.2) is 9.84 Å². The van der Waals surface area contributed by atoms with Crippen LogP contribution in [0.25, 0.3) is 0 Å². The van der Waals surface area contributed by atoms with Gasteiger partial charge in [0.25, 0.3) is 0 Å². The molecule has 0 aliphatic rings. The molecule has 31 heavy (non-hydrogen) atoms. The summed E-state index contributed by atoms with van der Waals surface area (Å²) in [6.45, 7) is 0. The highest BCUT2D eigenvalue weighted by Crippen LogP contribution is 2.26. The van der Waals surface area contributed by atoms with Crippen molar-refractivity contribution >= 4 is 29.8 Å². The maximum Gasteiger partial charge on any atom is 0.339 e. The maximum atomic E-state index is 12.7. The van der Waals surface area contributed by atoms with Crippen molar-refractivity contribution in [2.24, 2.45) is 0 Å². The maximum absolute atomic E-state index is 12.7. The molecule has 0 atom stereocenters. The van der Waals surface area contributed by atoms with Gasteiger partial charge in [-0.3, -0.25) is 0 Å². The van der Waals surface area contributed by atoms with Crippen LogP contribution in [-0.4, -0.2) is 38.6 Å². The molecule has 0 aliphatic heterocycles. The Bertz CT molecular complexity index is 1410. The van der Waals surface area contributed by atoms with Gasteiger partial charge in [-0.25, -0.2) is 16.8 Å². The Morgan fingerprint density at radius 2 is 1.10 bits per heavy atom. The summed E-state index contributed by atoms with van der Waals surface area (Å²) >= 11 is 0. The van der Waals surface area contributed by atoms with Gasteiger partial charge in [-0.15, -0.1) is 0 Å². The Hall–Kier alpha value is -2.89. The molecule has 0 bridgehead atoms. The molecule has 0 saturated heterocycles. The minimum absolute atomic E-state index is 0.0483. The molecule has 0 N–H and O–H groups in total. The molecule has 0 aromatic heterocycles. The molecule has 0 saturated carbocycles. The normalized spacial score (nSPS) is 12.3. The highest BCUT2D eigenvalue weighted by atomic mass is 32.2. The second-order valence-corrected chi connectivity index (χ2v) is 11.9. The van der Waals surface area contributed by atoms with E-state index in [1.54, 1.807) is 0 Å². The summed E-state index contributed by atoms with van der Waals surface area (Å²) < 4.78 is 83.8. The van der Waals surface area contributed by atoms with Crippen LogP contribution < -0.4 is 8.92 Å². The predicted molar refractivity (Wildman–Crippen MR) is 112 cm³/mol. The molecule has 0 heterocycles. The fourth-order valence-corrected chi connectivity index (χ4v) is 5.58. The summed E-state index contributed by atoms with van der Waals surface area (Å²) in [5.41, 5.74) is 0. The molecule has 3 rings (SSSR count). The average Bonchev–Trinajstić information content (AvgIpc) is 2.73. The summed E-state index contributed by atoms with van der Waals surface area (Å²) in [6.07, 6.45) is 0.960. The van der Waals surface area contributed by atoms with Crippen molar-refractivity contribution in [2.45, 2.75) is 19.6 Å². The molecule has 0 amide bonds. The number of benzene rings is 3. The van der Waals surface area contributed by atoms with Gasteiger partial charge in [0.1, 0.15) is 16.4 Å². The van der Waals surface area contributed by atoms with Crippen LogP contribution in [-0.2, 0) is 29.8 Å². The molecule has 0 aliphatic carbocycles. The predicted octanol–water partition coefficient (Wildman–Crippen LogP) is 2.70. The molecule has 0 spiro atoms. The summed E-state index contributed by atoms with van der Waals surface area (Å²) in [5, 5.41) is 0. The topological polar surface area (TPSA) is 121 Å². The lowest BCUT2D eigenvalue weighted by molar-refractivity contribution is 0.414. The molecule has 3 aromatic rings. The third kappa shape index (κ3) is 5.06. The number of rotatable bonds is 7. The standard InChI is InChI=1S/C20H18O8S3/c1-27-15-6-10-17(11-7-15)30(23,24)18-12-8-16(9-13-18)28-31(25,26)20-5-3-4-19(14-20)29(2,21)22/h3-14H,1-2H3. The first-order valence-corrected chi connectivity index (χ1v) is 13.5. The van der Waals surface area contributed by atoms with Crippen molar-refractivity contribution in [2.75, 3.05) is 13.4 Å². The lowest BCUT2D eigenvalue weighted by Gasteiger charge is -2.09. The van der Waals surface area contributed by atoms with Crippen LogP contribution in [0, 0.1) is 0 Å². The fourth-order valence-electron chi connectivity index (χ4n) is 2.60. The quantitative estimate of drug-likeness (QED) is 0.471. The van der Waals surface area contributed by atoms with Gasteiger partial charge in [-0.05, 0) is 66.7 Å². The Morgan fingerprint density at radius 1 is 0.613 bits per heavy atom. The first-order chi connectivity index (χ1) is 14.4. The van der Waals surface area contributed by atoms with Gasteiger partial charge < -0.3 is 8.92 Å². The van der Waals surface area contributed by atoms with Crippen molar-refractivity contribution in [1.82, 2.24) is 0 Å². The molecule has 164 valence electrons. The fraction of sp³-hybridized carbons (Fsp3) is 0.100. The molecular formula is C20H18O8S3. The van der Waals surface area contributed by atoms with E-state index in [1.165, 1.54) is 73.8 Å². The molecule has 0 fully saturated rings. The number of methoxy groups -OCH3 is 1.